The third-order valence-electron chi connectivity index (χ3n) is 3.67. The van der Waals surface area contributed by atoms with Crippen LogP contribution < -0.4 is 5.73 Å². The summed E-state index contributed by atoms with van der Waals surface area (Å²) in [6.07, 6.45) is 6.60. The maximum atomic E-state index is 6.15. The number of nitrogens with two attached hydrogens (primary N) is 1. The standard InChI is InChI=1S/C19H27NO/c1-7-9-10-14(3)15(4)21-19(5,6)17-12-11-16(8-2)18(20)13-17/h7,9-13H,1,8,20H2,2-6H3. The number of ether oxygens (including phenoxy) is 1. The van der Waals surface area contributed by atoms with Gasteiger partial charge in [-0.05, 0) is 56.9 Å². The molecule has 0 bridgehead atoms. The third-order valence-corrected chi connectivity index (χ3v) is 3.67. The van der Waals surface area contributed by atoms with Crippen molar-refractivity contribution < 1.29 is 4.74 Å². The fourth-order valence-electron chi connectivity index (χ4n) is 2.14. The van der Waals surface area contributed by atoms with Crippen LogP contribution in [0.4, 0.5) is 5.69 Å². The summed E-state index contributed by atoms with van der Waals surface area (Å²) < 4.78 is 6.15. The van der Waals surface area contributed by atoms with Gasteiger partial charge < -0.3 is 10.5 Å². The Hall–Kier alpha value is -1.96. The van der Waals surface area contributed by atoms with Crippen molar-refractivity contribution in [3.05, 3.63) is 65.5 Å². The first-order valence-electron chi connectivity index (χ1n) is 7.36. The van der Waals surface area contributed by atoms with Gasteiger partial charge in [0.1, 0.15) is 5.60 Å². The van der Waals surface area contributed by atoms with Gasteiger partial charge in [0.25, 0.3) is 0 Å². The topological polar surface area (TPSA) is 35.2 Å². The summed E-state index contributed by atoms with van der Waals surface area (Å²) in [4.78, 5) is 0. The fraction of sp³-hybridized carbons (Fsp3) is 0.368. The van der Waals surface area contributed by atoms with Crippen molar-refractivity contribution in [3.8, 4) is 0 Å². The zero-order chi connectivity index (χ0) is 16.0. The number of anilines is 1. The van der Waals surface area contributed by atoms with Crippen LogP contribution in [-0.2, 0) is 16.8 Å². The Morgan fingerprint density at radius 2 is 2.00 bits per heavy atom. The molecular formula is C19H27NO. The van der Waals surface area contributed by atoms with E-state index in [0.717, 1.165) is 29.0 Å². The number of benzene rings is 1. The van der Waals surface area contributed by atoms with Crippen LogP contribution in [0.1, 0.15) is 45.7 Å². The second kappa shape index (κ2) is 7.16. The van der Waals surface area contributed by atoms with Gasteiger partial charge in [0, 0.05) is 5.69 Å². The smallest absolute Gasteiger partial charge is 0.128 e. The molecule has 2 N–H and O–H groups in total. The first kappa shape index (κ1) is 17.1. The van der Waals surface area contributed by atoms with E-state index < -0.39 is 5.60 Å². The molecule has 0 unspecified atom stereocenters. The summed E-state index contributed by atoms with van der Waals surface area (Å²) in [7, 11) is 0. The molecule has 21 heavy (non-hydrogen) atoms. The Labute approximate surface area is 129 Å². The lowest BCUT2D eigenvalue weighted by Gasteiger charge is -2.29. The third kappa shape index (κ3) is 4.52. The van der Waals surface area contributed by atoms with E-state index in [1.807, 2.05) is 32.1 Å². The molecule has 0 aliphatic carbocycles. The minimum absolute atomic E-state index is 0.423. The maximum Gasteiger partial charge on any atom is 0.128 e. The molecule has 0 aliphatic heterocycles. The average Bonchev–Trinajstić information content (AvgIpc) is 2.44. The molecule has 0 fully saturated rings. The first-order valence-corrected chi connectivity index (χ1v) is 7.36. The summed E-state index contributed by atoms with van der Waals surface area (Å²) in [6.45, 7) is 13.9. The van der Waals surface area contributed by atoms with E-state index >= 15 is 0 Å². The molecule has 0 saturated carbocycles. The van der Waals surface area contributed by atoms with E-state index in [1.54, 1.807) is 6.08 Å². The molecular weight excluding hydrogens is 258 g/mol. The summed E-state index contributed by atoms with van der Waals surface area (Å²) in [5.41, 5.74) is 9.84. The molecule has 0 aromatic heterocycles. The van der Waals surface area contributed by atoms with Gasteiger partial charge in [-0.1, -0.05) is 43.9 Å². The first-order chi connectivity index (χ1) is 9.81. The summed E-state index contributed by atoms with van der Waals surface area (Å²) in [5.74, 6) is 0.899. The highest BCUT2D eigenvalue weighted by Crippen LogP contribution is 2.30. The van der Waals surface area contributed by atoms with E-state index in [0.29, 0.717) is 0 Å². The molecule has 1 aromatic rings. The van der Waals surface area contributed by atoms with E-state index in [9.17, 15) is 0 Å². The van der Waals surface area contributed by atoms with Crippen LogP contribution in [0.3, 0.4) is 0 Å². The summed E-state index contributed by atoms with van der Waals surface area (Å²) in [6, 6.07) is 6.19. The Balaban J connectivity index is 3.03. The van der Waals surface area contributed by atoms with Crippen LogP contribution in [0.25, 0.3) is 0 Å². The number of aryl methyl sites for hydroxylation is 1. The number of hydrogen-bond donors (Lipinski definition) is 1. The van der Waals surface area contributed by atoms with Crippen LogP contribution in [0.2, 0.25) is 0 Å². The lowest BCUT2D eigenvalue weighted by molar-refractivity contribution is 0.0314. The van der Waals surface area contributed by atoms with Crippen LogP contribution in [-0.4, -0.2) is 0 Å². The SMILES string of the molecule is C=CC=CC(C)=C(C)OC(C)(C)c1ccc(CC)c(N)c1. The Morgan fingerprint density at radius 3 is 2.52 bits per heavy atom. The number of hydrogen-bond acceptors (Lipinski definition) is 2. The fourth-order valence-corrected chi connectivity index (χ4v) is 2.14. The molecule has 0 saturated heterocycles. The maximum absolute atomic E-state index is 6.15. The zero-order valence-electron chi connectivity index (χ0n) is 13.9. The van der Waals surface area contributed by atoms with E-state index in [4.69, 9.17) is 10.5 Å². The highest BCUT2D eigenvalue weighted by atomic mass is 16.5. The van der Waals surface area contributed by atoms with Crippen molar-refractivity contribution >= 4 is 5.69 Å². The molecule has 2 nitrogen and oxygen atoms in total. The summed E-state index contributed by atoms with van der Waals surface area (Å²) in [5, 5.41) is 0. The van der Waals surface area contributed by atoms with E-state index in [2.05, 4.69) is 39.5 Å². The predicted molar refractivity (Wildman–Crippen MR) is 92.1 cm³/mol. The quantitative estimate of drug-likeness (QED) is 0.447. The largest absolute Gasteiger partial charge is 0.488 e. The highest BCUT2D eigenvalue weighted by Gasteiger charge is 2.23. The van der Waals surface area contributed by atoms with Gasteiger partial charge >= 0.3 is 0 Å². The van der Waals surface area contributed by atoms with Gasteiger partial charge in [0.15, 0.2) is 0 Å². The molecule has 1 aromatic carbocycles. The van der Waals surface area contributed by atoms with Crippen LogP contribution in [0.5, 0.6) is 0 Å². The lowest BCUT2D eigenvalue weighted by atomic mass is 9.95. The second-order valence-electron chi connectivity index (χ2n) is 5.71. The van der Waals surface area contributed by atoms with Crippen LogP contribution in [0.15, 0.2) is 54.3 Å². The zero-order valence-corrected chi connectivity index (χ0v) is 13.9. The van der Waals surface area contributed by atoms with Crippen molar-refractivity contribution in [3.63, 3.8) is 0 Å². The second-order valence-corrected chi connectivity index (χ2v) is 5.71. The highest BCUT2D eigenvalue weighted by molar-refractivity contribution is 5.50. The summed E-state index contributed by atoms with van der Waals surface area (Å²) >= 11 is 0. The van der Waals surface area contributed by atoms with Crippen LogP contribution in [0, 0.1) is 0 Å². The minimum atomic E-state index is -0.423. The van der Waals surface area contributed by atoms with Gasteiger partial charge in [-0.2, -0.15) is 0 Å². The molecule has 0 radical (unpaired) electrons. The van der Waals surface area contributed by atoms with Gasteiger partial charge in [-0.3, -0.25) is 0 Å². The van der Waals surface area contributed by atoms with Crippen molar-refractivity contribution in [2.45, 2.75) is 46.6 Å². The van der Waals surface area contributed by atoms with Crippen molar-refractivity contribution in [1.29, 1.82) is 0 Å². The average molecular weight is 285 g/mol. The minimum Gasteiger partial charge on any atom is -0.488 e. The molecule has 114 valence electrons. The Morgan fingerprint density at radius 1 is 1.33 bits per heavy atom. The van der Waals surface area contributed by atoms with Gasteiger partial charge in [0.05, 0.1) is 5.76 Å². The Kier molecular flexibility index (Phi) is 5.83. The van der Waals surface area contributed by atoms with Crippen molar-refractivity contribution in [2.75, 3.05) is 5.73 Å². The number of allylic oxidation sites excluding steroid dienone is 5. The molecule has 2 heteroatoms. The van der Waals surface area contributed by atoms with Crippen molar-refractivity contribution in [2.24, 2.45) is 0 Å². The number of nitrogen functional groups attached to an aromatic ring is 1. The predicted octanol–water partition coefficient (Wildman–Crippen LogP) is 5.12. The molecule has 0 atom stereocenters. The van der Waals surface area contributed by atoms with Gasteiger partial charge in [-0.15, -0.1) is 0 Å². The molecule has 1 rings (SSSR count). The van der Waals surface area contributed by atoms with E-state index in [-0.39, 0.29) is 0 Å². The van der Waals surface area contributed by atoms with Crippen LogP contribution >= 0.6 is 0 Å². The molecule has 0 aliphatic rings. The molecule has 0 spiro atoms. The van der Waals surface area contributed by atoms with Gasteiger partial charge in [-0.25, -0.2) is 0 Å². The molecule has 0 heterocycles. The van der Waals surface area contributed by atoms with Gasteiger partial charge in [0.2, 0.25) is 0 Å². The van der Waals surface area contributed by atoms with E-state index in [1.165, 1.54) is 5.56 Å². The monoisotopic (exact) mass is 285 g/mol. The number of rotatable bonds is 6. The molecule has 0 amide bonds. The Bertz CT molecular complexity index is 565. The normalized spacial score (nSPS) is 13.2. The lowest BCUT2D eigenvalue weighted by Crippen LogP contribution is -2.21. The van der Waals surface area contributed by atoms with Crippen molar-refractivity contribution in [1.82, 2.24) is 0 Å².